The topological polar surface area (TPSA) is 73.2 Å². The SMILES string of the molecule is [O-]c1on[n+](-c2ccccc2)c1C(O)C(F)(F)F. The number of nitrogens with zero attached hydrogens (tertiary/aromatic N) is 2. The van der Waals surface area contributed by atoms with Gasteiger partial charge in [0.15, 0.2) is 5.95 Å². The molecule has 1 N–H and O–H groups in total. The van der Waals surface area contributed by atoms with Crippen molar-refractivity contribution in [2.45, 2.75) is 12.3 Å². The van der Waals surface area contributed by atoms with Crippen LogP contribution in [-0.2, 0) is 0 Å². The first-order valence-electron chi connectivity index (χ1n) is 4.80. The number of para-hydroxylation sites is 1. The zero-order chi connectivity index (χ0) is 13.3. The molecule has 0 radical (unpaired) electrons. The number of benzene rings is 1. The van der Waals surface area contributed by atoms with E-state index in [0.29, 0.717) is 4.68 Å². The fourth-order valence-electron chi connectivity index (χ4n) is 1.39. The van der Waals surface area contributed by atoms with Crippen molar-refractivity contribution in [3.05, 3.63) is 36.0 Å². The lowest BCUT2D eigenvalue weighted by atomic mass is 10.2. The summed E-state index contributed by atoms with van der Waals surface area (Å²) in [6.07, 6.45) is -7.92. The normalized spacial score (nSPS) is 13.6. The molecule has 5 nitrogen and oxygen atoms in total. The number of rotatable bonds is 2. The van der Waals surface area contributed by atoms with Gasteiger partial charge in [0.05, 0.1) is 5.27 Å². The Labute approximate surface area is 98.7 Å². The van der Waals surface area contributed by atoms with E-state index in [1.807, 2.05) is 0 Å². The van der Waals surface area contributed by atoms with E-state index in [1.54, 1.807) is 18.2 Å². The summed E-state index contributed by atoms with van der Waals surface area (Å²) in [5, 5.41) is 23.5. The van der Waals surface area contributed by atoms with Crippen molar-refractivity contribution in [2.24, 2.45) is 0 Å². The van der Waals surface area contributed by atoms with Gasteiger partial charge in [-0.05, 0) is 4.68 Å². The van der Waals surface area contributed by atoms with E-state index in [-0.39, 0.29) is 5.69 Å². The molecule has 1 aromatic carbocycles. The molecule has 96 valence electrons. The second kappa shape index (κ2) is 4.30. The predicted octanol–water partition coefficient (Wildman–Crippen LogP) is 0.621. The Morgan fingerprint density at radius 1 is 1.28 bits per heavy atom. The number of hydrogen-bond donors (Lipinski definition) is 1. The lowest BCUT2D eigenvalue weighted by Crippen LogP contribution is -2.41. The van der Waals surface area contributed by atoms with E-state index in [2.05, 4.69) is 9.79 Å². The van der Waals surface area contributed by atoms with Crippen LogP contribution in [0, 0.1) is 0 Å². The standard InChI is InChI=1S/C10H7F3N2O3/c11-10(12,13)8(16)7-9(17)18-14-15(7)6-4-2-1-3-5-6/h1-5,8,16H. The summed E-state index contributed by atoms with van der Waals surface area (Å²) >= 11 is 0. The first kappa shape index (κ1) is 12.4. The molecule has 1 heterocycles. The molecule has 18 heavy (non-hydrogen) atoms. The van der Waals surface area contributed by atoms with Gasteiger partial charge in [0.2, 0.25) is 11.8 Å². The summed E-state index contributed by atoms with van der Waals surface area (Å²) in [6.45, 7) is 0. The van der Waals surface area contributed by atoms with Crippen molar-refractivity contribution in [3.8, 4) is 11.6 Å². The zero-order valence-corrected chi connectivity index (χ0v) is 8.76. The monoisotopic (exact) mass is 260 g/mol. The smallest absolute Gasteiger partial charge is 0.424 e. The van der Waals surface area contributed by atoms with Crippen molar-refractivity contribution >= 4 is 0 Å². The Balaban J connectivity index is 2.52. The lowest BCUT2D eigenvalue weighted by molar-refractivity contribution is -0.683. The molecule has 0 aliphatic carbocycles. The fourth-order valence-corrected chi connectivity index (χ4v) is 1.39. The maximum atomic E-state index is 12.4. The van der Waals surface area contributed by atoms with Crippen LogP contribution in [0.5, 0.6) is 5.95 Å². The molecule has 0 saturated heterocycles. The average Bonchev–Trinajstić information content (AvgIpc) is 2.70. The van der Waals surface area contributed by atoms with Crippen LogP contribution in [0.2, 0.25) is 0 Å². The Hall–Kier alpha value is -2.09. The zero-order valence-electron chi connectivity index (χ0n) is 8.76. The first-order valence-corrected chi connectivity index (χ1v) is 4.80. The summed E-state index contributed by atoms with van der Waals surface area (Å²) in [5.41, 5.74) is -0.796. The molecule has 1 aromatic heterocycles. The highest BCUT2D eigenvalue weighted by Crippen LogP contribution is 2.33. The molecule has 0 saturated carbocycles. The van der Waals surface area contributed by atoms with Crippen molar-refractivity contribution in [1.82, 2.24) is 5.27 Å². The van der Waals surface area contributed by atoms with E-state index >= 15 is 0 Å². The molecule has 2 rings (SSSR count). The van der Waals surface area contributed by atoms with Gasteiger partial charge in [-0.15, -0.1) is 0 Å². The highest BCUT2D eigenvalue weighted by molar-refractivity contribution is 5.23. The number of alkyl halides is 3. The van der Waals surface area contributed by atoms with Gasteiger partial charge in [-0.3, -0.25) is 0 Å². The molecule has 1 atom stereocenters. The number of aliphatic hydroxyl groups excluding tert-OH is 1. The quantitative estimate of drug-likeness (QED) is 0.803. The van der Waals surface area contributed by atoms with Crippen LogP contribution in [0.1, 0.15) is 11.8 Å². The number of aliphatic hydroxyl groups is 1. The van der Waals surface area contributed by atoms with Gasteiger partial charge < -0.3 is 14.7 Å². The third kappa shape index (κ3) is 2.14. The van der Waals surface area contributed by atoms with E-state index in [9.17, 15) is 18.3 Å². The predicted molar refractivity (Wildman–Crippen MR) is 48.5 cm³/mol. The van der Waals surface area contributed by atoms with Crippen molar-refractivity contribution in [3.63, 3.8) is 0 Å². The maximum Gasteiger partial charge on any atom is 0.424 e. The first-order chi connectivity index (χ1) is 8.41. The van der Waals surface area contributed by atoms with Crippen molar-refractivity contribution < 1.29 is 32.6 Å². The molecule has 0 bridgehead atoms. The average molecular weight is 260 g/mol. The molecule has 0 aliphatic rings. The minimum absolute atomic E-state index is 0.182. The van der Waals surface area contributed by atoms with E-state index in [4.69, 9.17) is 5.11 Å². The Morgan fingerprint density at radius 2 is 1.89 bits per heavy atom. The summed E-state index contributed by atoms with van der Waals surface area (Å²) < 4.78 is 42.0. The van der Waals surface area contributed by atoms with Gasteiger partial charge in [-0.25, -0.2) is 0 Å². The number of halogens is 3. The van der Waals surface area contributed by atoms with Crippen LogP contribution < -0.4 is 9.79 Å². The largest absolute Gasteiger partial charge is 0.539 e. The Kier molecular flexibility index (Phi) is 2.95. The van der Waals surface area contributed by atoms with E-state index in [0.717, 1.165) is 0 Å². The Bertz CT molecular complexity index is 539. The van der Waals surface area contributed by atoms with Crippen LogP contribution in [0.25, 0.3) is 5.69 Å². The van der Waals surface area contributed by atoms with Crippen molar-refractivity contribution in [1.29, 1.82) is 0 Å². The van der Waals surface area contributed by atoms with Gasteiger partial charge in [0.25, 0.3) is 5.69 Å². The molecule has 8 heteroatoms. The molecular weight excluding hydrogens is 253 g/mol. The van der Waals surface area contributed by atoms with Gasteiger partial charge in [0.1, 0.15) is 0 Å². The third-order valence-corrected chi connectivity index (χ3v) is 2.21. The summed E-state index contributed by atoms with van der Waals surface area (Å²) in [5.74, 6) is -1.33. The third-order valence-electron chi connectivity index (χ3n) is 2.21. The van der Waals surface area contributed by atoms with Gasteiger partial charge in [-0.1, -0.05) is 18.2 Å². The van der Waals surface area contributed by atoms with Crippen molar-refractivity contribution in [2.75, 3.05) is 0 Å². The van der Waals surface area contributed by atoms with E-state index in [1.165, 1.54) is 12.1 Å². The molecule has 1 unspecified atom stereocenters. The summed E-state index contributed by atoms with van der Waals surface area (Å²) in [4.78, 5) is 0. The van der Waals surface area contributed by atoms with Gasteiger partial charge in [-0.2, -0.15) is 13.2 Å². The maximum absolute atomic E-state index is 12.4. The van der Waals surface area contributed by atoms with Gasteiger partial charge >= 0.3 is 6.18 Å². The number of aromatic nitrogens is 2. The highest BCUT2D eigenvalue weighted by atomic mass is 19.4. The van der Waals surface area contributed by atoms with E-state index < -0.39 is 23.9 Å². The van der Waals surface area contributed by atoms with Crippen LogP contribution in [0.3, 0.4) is 0 Å². The summed E-state index contributed by atoms with van der Waals surface area (Å²) in [7, 11) is 0. The van der Waals surface area contributed by atoms with Crippen LogP contribution in [-0.4, -0.2) is 16.6 Å². The molecule has 0 amide bonds. The second-order valence-electron chi connectivity index (χ2n) is 3.44. The molecule has 0 aliphatic heterocycles. The second-order valence-corrected chi connectivity index (χ2v) is 3.44. The van der Waals surface area contributed by atoms with Crippen LogP contribution >= 0.6 is 0 Å². The van der Waals surface area contributed by atoms with Crippen LogP contribution in [0.4, 0.5) is 13.2 Å². The Morgan fingerprint density at radius 3 is 2.44 bits per heavy atom. The molecular formula is C10H7F3N2O3. The highest BCUT2D eigenvalue weighted by Gasteiger charge is 2.47. The van der Waals surface area contributed by atoms with Gasteiger partial charge in [0, 0.05) is 12.1 Å². The summed E-state index contributed by atoms with van der Waals surface area (Å²) in [6, 6.07) is 7.59. The fraction of sp³-hybridized carbons (Fsp3) is 0.200. The minimum Gasteiger partial charge on any atom is -0.539 e. The lowest BCUT2D eigenvalue weighted by Gasteiger charge is -2.10. The molecule has 0 spiro atoms. The van der Waals surface area contributed by atoms with Crippen LogP contribution in [0.15, 0.2) is 34.9 Å². The number of hydrogen-bond acceptors (Lipinski definition) is 4. The minimum atomic E-state index is -4.97. The molecule has 0 fully saturated rings. The molecule has 2 aromatic rings.